The fourth-order valence-corrected chi connectivity index (χ4v) is 2.08. The van der Waals surface area contributed by atoms with Crippen LogP contribution in [0.1, 0.15) is 30.1 Å². The maximum absolute atomic E-state index is 11.9. The number of nitrogens with one attached hydrogen (secondary N) is 1. The van der Waals surface area contributed by atoms with Crippen LogP contribution in [0.15, 0.2) is 12.1 Å². The van der Waals surface area contributed by atoms with E-state index in [0.717, 1.165) is 0 Å². The second-order valence-corrected chi connectivity index (χ2v) is 5.02. The molecule has 0 spiro atoms. The molecule has 1 aromatic rings. The lowest BCUT2D eigenvalue weighted by atomic mass is 10.2. The summed E-state index contributed by atoms with van der Waals surface area (Å²) in [5, 5.41) is 12.7. The molecular weight excluding hydrogens is 296 g/mol. The Balaban J connectivity index is 2.70. The Morgan fingerprint density at radius 1 is 1.33 bits per heavy atom. The summed E-state index contributed by atoms with van der Waals surface area (Å²) < 4.78 is 0. The van der Waals surface area contributed by atoms with Gasteiger partial charge in [-0.15, -0.1) is 0 Å². The van der Waals surface area contributed by atoms with Gasteiger partial charge in [-0.05, 0) is 25.0 Å². The number of amides is 1. The van der Waals surface area contributed by atoms with Crippen molar-refractivity contribution in [2.75, 3.05) is 6.54 Å². The summed E-state index contributed by atoms with van der Waals surface area (Å²) in [5.74, 6) is -0.393. The average Bonchev–Trinajstić information content (AvgIpc) is 2.34. The second kappa shape index (κ2) is 7.19. The van der Waals surface area contributed by atoms with E-state index in [4.69, 9.17) is 34.8 Å². The van der Waals surface area contributed by atoms with Crippen LogP contribution in [-0.2, 0) is 0 Å². The number of aliphatic hydroxyl groups excluding tert-OH is 1. The summed E-state index contributed by atoms with van der Waals surface area (Å²) in [6.45, 7) is 2.23. The van der Waals surface area contributed by atoms with Crippen molar-refractivity contribution in [3.63, 3.8) is 0 Å². The SMILES string of the molecule is CCC(O)CCNC(=O)c1c(Cl)ccc(Cl)c1Cl. The Morgan fingerprint density at radius 3 is 2.56 bits per heavy atom. The van der Waals surface area contributed by atoms with Crippen molar-refractivity contribution in [3.05, 3.63) is 32.8 Å². The smallest absolute Gasteiger partial charge is 0.254 e. The minimum atomic E-state index is -0.421. The van der Waals surface area contributed by atoms with Crippen LogP contribution < -0.4 is 5.32 Å². The van der Waals surface area contributed by atoms with Gasteiger partial charge in [0.05, 0.1) is 26.7 Å². The van der Waals surface area contributed by atoms with Crippen molar-refractivity contribution in [1.29, 1.82) is 0 Å². The second-order valence-electron chi connectivity index (χ2n) is 3.82. The fourth-order valence-electron chi connectivity index (χ4n) is 1.38. The van der Waals surface area contributed by atoms with Gasteiger partial charge in [0.15, 0.2) is 0 Å². The molecule has 1 rings (SSSR count). The zero-order chi connectivity index (χ0) is 13.7. The lowest BCUT2D eigenvalue weighted by Crippen LogP contribution is -2.27. The van der Waals surface area contributed by atoms with Gasteiger partial charge in [-0.25, -0.2) is 0 Å². The molecule has 0 saturated heterocycles. The number of carbonyl (C=O) groups is 1. The predicted molar refractivity (Wildman–Crippen MR) is 74.7 cm³/mol. The maximum Gasteiger partial charge on any atom is 0.254 e. The van der Waals surface area contributed by atoms with Gasteiger partial charge in [0.25, 0.3) is 5.91 Å². The Kier molecular flexibility index (Phi) is 6.22. The monoisotopic (exact) mass is 309 g/mol. The molecule has 2 N–H and O–H groups in total. The molecule has 0 heterocycles. The Morgan fingerprint density at radius 2 is 1.94 bits per heavy atom. The van der Waals surface area contributed by atoms with E-state index < -0.39 is 12.0 Å². The van der Waals surface area contributed by atoms with Gasteiger partial charge in [-0.1, -0.05) is 41.7 Å². The molecule has 3 nitrogen and oxygen atoms in total. The summed E-state index contributed by atoms with van der Waals surface area (Å²) in [4.78, 5) is 11.9. The van der Waals surface area contributed by atoms with Crippen molar-refractivity contribution < 1.29 is 9.90 Å². The van der Waals surface area contributed by atoms with E-state index in [1.165, 1.54) is 12.1 Å². The van der Waals surface area contributed by atoms with E-state index >= 15 is 0 Å². The average molecular weight is 311 g/mol. The molecule has 1 amide bonds. The number of benzene rings is 1. The van der Waals surface area contributed by atoms with Crippen molar-refractivity contribution >= 4 is 40.7 Å². The van der Waals surface area contributed by atoms with Gasteiger partial charge < -0.3 is 10.4 Å². The highest BCUT2D eigenvalue weighted by Gasteiger charge is 2.17. The first kappa shape index (κ1) is 15.6. The standard InChI is InChI=1S/C12H14Cl3NO2/c1-2-7(17)5-6-16-12(18)10-8(13)3-4-9(14)11(10)15/h3-4,7,17H,2,5-6H2,1H3,(H,16,18). The number of halogens is 3. The van der Waals surface area contributed by atoms with Crippen molar-refractivity contribution in [3.8, 4) is 0 Å². The molecule has 0 saturated carbocycles. The molecular formula is C12H14Cl3NO2. The first-order valence-electron chi connectivity index (χ1n) is 5.57. The highest BCUT2D eigenvalue weighted by molar-refractivity contribution is 6.46. The summed E-state index contributed by atoms with van der Waals surface area (Å²) >= 11 is 17.7. The topological polar surface area (TPSA) is 49.3 Å². The third-order valence-corrected chi connectivity index (χ3v) is 3.62. The molecule has 0 aromatic heterocycles. The van der Waals surface area contributed by atoms with Gasteiger partial charge in [0, 0.05) is 6.54 Å². The van der Waals surface area contributed by atoms with Crippen LogP contribution in [0, 0.1) is 0 Å². The largest absolute Gasteiger partial charge is 0.393 e. The normalized spacial score (nSPS) is 12.3. The fraction of sp³-hybridized carbons (Fsp3) is 0.417. The molecule has 0 aliphatic heterocycles. The van der Waals surface area contributed by atoms with Gasteiger partial charge in [0.1, 0.15) is 0 Å². The minimum absolute atomic E-state index is 0.137. The molecule has 0 aliphatic carbocycles. The highest BCUT2D eigenvalue weighted by Crippen LogP contribution is 2.31. The molecule has 0 aliphatic rings. The number of hydrogen-bond acceptors (Lipinski definition) is 2. The lowest BCUT2D eigenvalue weighted by Gasteiger charge is -2.11. The predicted octanol–water partition coefficient (Wildman–Crippen LogP) is 3.54. The van der Waals surface area contributed by atoms with E-state index in [1.54, 1.807) is 0 Å². The summed E-state index contributed by atoms with van der Waals surface area (Å²) in [6, 6.07) is 3.05. The van der Waals surface area contributed by atoms with Crippen LogP contribution in [0.25, 0.3) is 0 Å². The number of rotatable bonds is 5. The number of carbonyl (C=O) groups excluding carboxylic acids is 1. The highest BCUT2D eigenvalue weighted by atomic mass is 35.5. The third kappa shape index (κ3) is 4.02. The molecule has 1 atom stereocenters. The van der Waals surface area contributed by atoms with Crippen molar-refractivity contribution in [1.82, 2.24) is 5.32 Å². The van der Waals surface area contributed by atoms with Crippen LogP contribution in [0.3, 0.4) is 0 Å². The van der Waals surface area contributed by atoms with E-state index in [-0.39, 0.29) is 20.6 Å². The Labute approximate surface area is 121 Å². The van der Waals surface area contributed by atoms with Crippen LogP contribution in [0.2, 0.25) is 15.1 Å². The van der Waals surface area contributed by atoms with Crippen molar-refractivity contribution in [2.24, 2.45) is 0 Å². The van der Waals surface area contributed by atoms with Crippen LogP contribution in [-0.4, -0.2) is 23.7 Å². The zero-order valence-electron chi connectivity index (χ0n) is 9.84. The minimum Gasteiger partial charge on any atom is -0.393 e. The molecule has 1 aromatic carbocycles. The molecule has 0 fully saturated rings. The van der Waals surface area contributed by atoms with E-state index in [2.05, 4.69) is 5.32 Å². The number of aliphatic hydroxyl groups is 1. The molecule has 0 radical (unpaired) electrons. The molecule has 100 valence electrons. The first-order valence-corrected chi connectivity index (χ1v) is 6.70. The summed E-state index contributed by atoms with van der Waals surface area (Å²) in [6.07, 6.45) is 0.711. The molecule has 6 heteroatoms. The van der Waals surface area contributed by atoms with Gasteiger partial charge in [0.2, 0.25) is 0 Å². The molecule has 0 bridgehead atoms. The van der Waals surface area contributed by atoms with Gasteiger partial charge in [-0.3, -0.25) is 4.79 Å². The zero-order valence-corrected chi connectivity index (χ0v) is 12.1. The van der Waals surface area contributed by atoms with Crippen molar-refractivity contribution in [2.45, 2.75) is 25.9 Å². The first-order chi connectivity index (χ1) is 8.47. The Hall–Kier alpha value is -0.480. The molecule has 18 heavy (non-hydrogen) atoms. The maximum atomic E-state index is 11.9. The van der Waals surface area contributed by atoms with Gasteiger partial charge >= 0.3 is 0 Å². The third-order valence-electron chi connectivity index (χ3n) is 2.51. The van der Waals surface area contributed by atoms with E-state index in [1.807, 2.05) is 6.92 Å². The number of hydrogen-bond donors (Lipinski definition) is 2. The Bertz CT molecular complexity index is 438. The molecule has 1 unspecified atom stereocenters. The van der Waals surface area contributed by atoms with E-state index in [0.29, 0.717) is 19.4 Å². The van der Waals surface area contributed by atoms with Crippen LogP contribution in [0.4, 0.5) is 0 Å². The van der Waals surface area contributed by atoms with Crippen LogP contribution in [0.5, 0.6) is 0 Å². The quantitative estimate of drug-likeness (QED) is 0.817. The summed E-state index contributed by atoms with van der Waals surface area (Å²) in [7, 11) is 0. The van der Waals surface area contributed by atoms with Crippen LogP contribution >= 0.6 is 34.8 Å². The summed E-state index contributed by atoms with van der Waals surface area (Å²) in [5.41, 5.74) is 0.164. The van der Waals surface area contributed by atoms with Gasteiger partial charge in [-0.2, -0.15) is 0 Å². The lowest BCUT2D eigenvalue weighted by molar-refractivity contribution is 0.0942. The van der Waals surface area contributed by atoms with E-state index in [9.17, 15) is 9.90 Å².